The number of para-hydroxylation sites is 1. The van der Waals surface area contributed by atoms with Crippen LogP contribution >= 0.6 is 11.3 Å². The van der Waals surface area contributed by atoms with Gasteiger partial charge in [-0.05, 0) is 36.6 Å². The number of anilines is 1. The van der Waals surface area contributed by atoms with Crippen molar-refractivity contribution in [3.63, 3.8) is 0 Å². The first kappa shape index (κ1) is 21.2. The minimum absolute atomic E-state index is 0.0215. The molecule has 31 heavy (non-hydrogen) atoms. The van der Waals surface area contributed by atoms with Gasteiger partial charge in [0.05, 0.1) is 20.2 Å². The molecule has 0 saturated heterocycles. The van der Waals surface area contributed by atoms with Crippen molar-refractivity contribution in [3.05, 3.63) is 70.4 Å². The van der Waals surface area contributed by atoms with Crippen molar-refractivity contribution in [2.45, 2.75) is 19.5 Å². The summed E-state index contributed by atoms with van der Waals surface area (Å²) in [5, 5.41) is 5.36. The van der Waals surface area contributed by atoms with E-state index in [0.717, 1.165) is 21.9 Å². The van der Waals surface area contributed by atoms with Crippen LogP contribution in [0.2, 0.25) is 0 Å². The summed E-state index contributed by atoms with van der Waals surface area (Å²) in [7, 11) is 1.65. The Morgan fingerprint density at radius 1 is 1.13 bits per heavy atom. The van der Waals surface area contributed by atoms with E-state index in [1.807, 2.05) is 66.9 Å². The van der Waals surface area contributed by atoms with Gasteiger partial charge in [0.2, 0.25) is 5.91 Å². The molecule has 1 N–H and O–H groups in total. The number of rotatable bonds is 8. The maximum absolute atomic E-state index is 13.3. The number of thiophene rings is 1. The Labute approximate surface area is 186 Å². The van der Waals surface area contributed by atoms with Gasteiger partial charge >= 0.3 is 0 Å². The molecular weight excluding hydrogens is 412 g/mol. The number of hydrogen-bond donors (Lipinski definition) is 1. The second-order valence-electron chi connectivity index (χ2n) is 7.23. The van der Waals surface area contributed by atoms with Gasteiger partial charge < -0.3 is 24.4 Å². The average Bonchev–Trinajstić information content (AvgIpc) is 3.33. The minimum atomic E-state index is -0.0380. The van der Waals surface area contributed by atoms with Gasteiger partial charge in [-0.1, -0.05) is 24.3 Å². The van der Waals surface area contributed by atoms with E-state index in [1.165, 1.54) is 0 Å². The molecule has 3 aromatic rings. The lowest BCUT2D eigenvalue weighted by Crippen LogP contribution is -2.38. The Morgan fingerprint density at radius 3 is 2.71 bits per heavy atom. The Hall–Kier alpha value is -3.03. The molecule has 1 atom stereocenters. The third kappa shape index (κ3) is 5.00. The molecule has 4 rings (SSSR count). The predicted molar refractivity (Wildman–Crippen MR) is 122 cm³/mol. The maximum Gasteiger partial charge on any atom is 0.241 e. The molecule has 0 unspecified atom stereocenters. The monoisotopic (exact) mass is 438 g/mol. The van der Waals surface area contributed by atoms with E-state index in [-0.39, 0.29) is 18.5 Å². The van der Waals surface area contributed by atoms with Gasteiger partial charge in [-0.25, -0.2) is 0 Å². The summed E-state index contributed by atoms with van der Waals surface area (Å²) >= 11 is 1.63. The maximum atomic E-state index is 13.3. The standard InChI is InChI=1S/C24H26N2O4S/c1-17(20-7-3-4-8-21(20)28-2)25-15-24(27)26(16-19-6-5-13-31-19)18-9-10-22-23(14-18)30-12-11-29-22/h3-10,13-14,17,25H,11-12,15-16H2,1-2H3/t17-/m0/s1. The van der Waals surface area contributed by atoms with E-state index < -0.39 is 0 Å². The summed E-state index contributed by atoms with van der Waals surface area (Å²) in [5.74, 6) is 2.16. The van der Waals surface area contributed by atoms with Crippen molar-refractivity contribution >= 4 is 22.9 Å². The first-order valence-corrected chi connectivity index (χ1v) is 11.1. The van der Waals surface area contributed by atoms with Crippen molar-refractivity contribution in [1.29, 1.82) is 0 Å². The van der Waals surface area contributed by atoms with Crippen LogP contribution in [0.15, 0.2) is 60.0 Å². The van der Waals surface area contributed by atoms with Crippen LogP contribution in [0.25, 0.3) is 0 Å². The molecule has 1 amide bonds. The van der Waals surface area contributed by atoms with Crippen molar-refractivity contribution < 1.29 is 19.0 Å². The van der Waals surface area contributed by atoms with Crippen LogP contribution in [-0.4, -0.2) is 32.8 Å². The number of ether oxygens (including phenoxy) is 3. The van der Waals surface area contributed by atoms with E-state index in [9.17, 15) is 4.79 Å². The third-order valence-corrected chi connectivity index (χ3v) is 6.06. The molecule has 1 aliphatic heterocycles. The number of carbonyl (C=O) groups excluding carboxylic acids is 1. The van der Waals surface area contributed by atoms with Crippen LogP contribution in [0.5, 0.6) is 17.2 Å². The fourth-order valence-corrected chi connectivity index (χ4v) is 4.24. The Kier molecular flexibility index (Phi) is 6.74. The largest absolute Gasteiger partial charge is 0.496 e. The molecule has 1 aliphatic rings. The third-order valence-electron chi connectivity index (χ3n) is 5.20. The number of amides is 1. The van der Waals surface area contributed by atoms with Crippen molar-refractivity contribution in [2.75, 3.05) is 31.8 Å². The van der Waals surface area contributed by atoms with Gasteiger partial charge in [0.1, 0.15) is 19.0 Å². The van der Waals surface area contributed by atoms with Gasteiger partial charge in [0.15, 0.2) is 11.5 Å². The molecule has 0 saturated carbocycles. The number of carbonyl (C=O) groups is 1. The van der Waals surface area contributed by atoms with E-state index >= 15 is 0 Å². The van der Waals surface area contributed by atoms with E-state index in [1.54, 1.807) is 23.3 Å². The molecule has 0 fully saturated rings. The van der Waals surface area contributed by atoms with Crippen molar-refractivity contribution in [3.8, 4) is 17.2 Å². The minimum Gasteiger partial charge on any atom is -0.496 e. The Balaban J connectivity index is 1.52. The Morgan fingerprint density at radius 2 is 1.94 bits per heavy atom. The summed E-state index contributed by atoms with van der Waals surface area (Å²) in [6, 6.07) is 17.5. The number of benzene rings is 2. The fraction of sp³-hybridized carbons (Fsp3) is 0.292. The highest BCUT2D eigenvalue weighted by Crippen LogP contribution is 2.35. The first-order chi connectivity index (χ1) is 15.2. The molecule has 7 heteroatoms. The molecule has 2 aromatic carbocycles. The van der Waals surface area contributed by atoms with Crippen LogP contribution in [0.4, 0.5) is 5.69 Å². The number of hydrogen-bond acceptors (Lipinski definition) is 6. The predicted octanol–water partition coefficient (Wildman–Crippen LogP) is 4.41. The molecule has 0 aliphatic carbocycles. The van der Waals surface area contributed by atoms with Crippen LogP contribution in [-0.2, 0) is 11.3 Å². The van der Waals surface area contributed by atoms with E-state index in [2.05, 4.69) is 5.32 Å². The lowest BCUT2D eigenvalue weighted by molar-refractivity contribution is -0.118. The quantitative estimate of drug-likeness (QED) is 0.565. The summed E-state index contributed by atoms with van der Waals surface area (Å²) in [4.78, 5) is 16.2. The van der Waals surface area contributed by atoms with Gasteiger partial charge in [0.25, 0.3) is 0 Å². The van der Waals surface area contributed by atoms with Gasteiger partial charge in [-0.3, -0.25) is 4.79 Å². The molecule has 162 valence electrons. The van der Waals surface area contributed by atoms with Gasteiger partial charge in [0, 0.05) is 28.2 Å². The van der Waals surface area contributed by atoms with Gasteiger partial charge in [-0.2, -0.15) is 0 Å². The van der Waals surface area contributed by atoms with E-state index in [4.69, 9.17) is 14.2 Å². The number of fused-ring (bicyclic) bond motifs is 1. The van der Waals surface area contributed by atoms with Crippen LogP contribution < -0.4 is 24.4 Å². The van der Waals surface area contributed by atoms with Crippen LogP contribution in [0.1, 0.15) is 23.4 Å². The SMILES string of the molecule is COc1ccccc1[C@H](C)NCC(=O)N(Cc1cccs1)c1ccc2c(c1)OCCO2. The number of nitrogens with zero attached hydrogens (tertiary/aromatic N) is 1. The first-order valence-electron chi connectivity index (χ1n) is 10.2. The Bertz CT molecular complexity index is 1020. The van der Waals surface area contributed by atoms with Crippen molar-refractivity contribution in [1.82, 2.24) is 5.32 Å². The summed E-state index contributed by atoms with van der Waals surface area (Å²) in [6.07, 6.45) is 0. The highest BCUT2D eigenvalue weighted by molar-refractivity contribution is 7.09. The second kappa shape index (κ2) is 9.85. The molecular formula is C24H26N2O4S. The fourth-order valence-electron chi connectivity index (χ4n) is 3.55. The summed E-state index contributed by atoms with van der Waals surface area (Å²) in [5.41, 5.74) is 1.80. The molecule has 0 bridgehead atoms. The topological polar surface area (TPSA) is 60.0 Å². The second-order valence-corrected chi connectivity index (χ2v) is 8.26. The average molecular weight is 439 g/mol. The van der Waals surface area contributed by atoms with Crippen molar-refractivity contribution in [2.24, 2.45) is 0 Å². The number of nitrogens with one attached hydrogen (secondary N) is 1. The zero-order valence-electron chi connectivity index (χ0n) is 17.7. The highest BCUT2D eigenvalue weighted by Gasteiger charge is 2.21. The lowest BCUT2D eigenvalue weighted by Gasteiger charge is -2.26. The van der Waals surface area contributed by atoms with Gasteiger partial charge in [-0.15, -0.1) is 11.3 Å². The summed E-state index contributed by atoms with van der Waals surface area (Å²) < 4.78 is 16.8. The number of methoxy groups -OCH3 is 1. The molecule has 1 aromatic heterocycles. The van der Waals surface area contributed by atoms with Crippen LogP contribution in [0.3, 0.4) is 0 Å². The normalized spacial score (nSPS) is 13.5. The summed E-state index contributed by atoms with van der Waals surface area (Å²) in [6.45, 7) is 3.76. The molecule has 0 radical (unpaired) electrons. The zero-order chi connectivity index (χ0) is 21.6. The van der Waals surface area contributed by atoms with E-state index in [0.29, 0.717) is 31.3 Å². The molecule has 0 spiro atoms. The zero-order valence-corrected chi connectivity index (χ0v) is 18.5. The highest BCUT2D eigenvalue weighted by atomic mass is 32.1. The van der Waals surface area contributed by atoms with Crippen LogP contribution in [0, 0.1) is 0 Å². The lowest BCUT2D eigenvalue weighted by atomic mass is 10.1. The molecule has 6 nitrogen and oxygen atoms in total. The molecule has 2 heterocycles. The smallest absolute Gasteiger partial charge is 0.241 e.